The summed E-state index contributed by atoms with van der Waals surface area (Å²) in [6, 6.07) is 18.2. The van der Waals surface area contributed by atoms with E-state index in [2.05, 4.69) is 21.7 Å². The molecular weight excluding hydrogens is 377 g/mol. The van der Waals surface area contributed by atoms with E-state index in [4.69, 9.17) is 0 Å². The maximum Gasteiger partial charge on any atom is 0.241 e. The maximum absolute atomic E-state index is 13.9. The van der Waals surface area contributed by atoms with Crippen molar-refractivity contribution in [3.63, 3.8) is 0 Å². The SMILES string of the molecule is CNC(=O)[C@@H](N[C@H](CCc1ccc(C)nc1)c1ccc(F)c(C)c1)c1ccccc1. The van der Waals surface area contributed by atoms with Crippen molar-refractivity contribution in [1.82, 2.24) is 15.6 Å². The lowest BCUT2D eigenvalue weighted by atomic mass is 9.95. The summed E-state index contributed by atoms with van der Waals surface area (Å²) in [7, 11) is 1.63. The minimum Gasteiger partial charge on any atom is -0.358 e. The van der Waals surface area contributed by atoms with Crippen molar-refractivity contribution < 1.29 is 9.18 Å². The Hall–Kier alpha value is -3.05. The van der Waals surface area contributed by atoms with Crippen LogP contribution in [0.2, 0.25) is 0 Å². The Balaban J connectivity index is 1.89. The van der Waals surface area contributed by atoms with E-state index in [1.165, 1.54) is 6.07 Å². The van der Waals surface area contributed by atoms with Gasteiger partial charge in [0.15, 0.2) is 0 Å². The number of hydrogen-bond donors (Lipinski definition) is 2. The first kappa shape index (κ1) is 21.7. The van der Waals surface area contributed by atoms with Gasteiger partial charge in [-0.05, 0) is 61.1 Å². The van der Waals surface area contributed by atoms with Crippen LogP contribution in [0.25, 0.3) is 0 Å². The summed E-state index contributed by atoms with van der Waals surface area (Å²) < 4.78 is 13.9. The second-order valence-corrected chi connectivity index (χ2v) is 7.53. The fraction of sp³-hybridized carbons (Fsp3) is 0.280. The van der Waals surface area contributed by atoms with Crippen molar-refractivity contribution in [1.29, 1.82) is 0 Å². The number of hydrogen-bond acceptors (Lipinski definition) is 3. The van der Waals surface area contributed by atoms with Crippen LogP contribution >= 0.6 is 0 Å². The molecule has 0 bridgehead atoms. The van der Waals surface area contributed by atoms with E-state index in [9.17, 15) is 9.18 Å². The molecule has 0 aliphatic heterocycles. The number of benzene rings is 2. The molecule has 156 valence electrons. The molecule has 0 unspecified atom stereocenters. The zero-order valence-corrected chi connectivity index (χ0v) is 17.7. The van der Waals surface area contributed by atoms with Gasteiger partial charge in [0.2, 0.25) is 5.91 Å². The average molecular weight is 406 g/mol. The summed E-state index contributed by atoms with van der Waals surface area (Å²) in [6.07, 6.45) is 3.42. The molecule has 2 N–H and O–H groups in total. The van der Waals surface area contributed by atoms with Gasteiger partial charge in [-0.15, -0.1) is 0 Å². The highest BCUT2D eigenvalue weighted by Gasteiger charge is 2.24. The van der Waals surface area contributed by atoms with Crippen molar-refractivity contribution in [3.8, 4) is 0 Å². The second-order valence-electron chi connectivity index (χ2n) is 7.53. The highest BCUT2D eigenvalue weighted by molar-refractivity contribution is 5.83. The van der Waals surface area contributed by atoms with E-state index in [0.29, 0.717) is 5.56 Å². The van der Waals surface area contributed by atoms with Crippen LogP contribution in [0.15, 0.2) is 66.9 Å². The molecule has 3 aromatic rings. The van der Waals surface area contributed by atoms with Gasteiger partial charge in [-0.1, -0.05) is 48.5 Å². The quantitative estimate of drug-likeness (QED) is 0.576. The Kier molecular flexibility index (Phi) is 7.31. The summed E-state index contributed by atoms with van der Waals surface area (Å²) >= 11 is 0. The molecule has 0 fully saturated rings. The van der Waals surface area contributed by atoms with E-state index in [1.807, 2.05) is 55.6 Å². The molecule has 0 aliphatic rings. The molecule has 30 heavy (non-hydrogen) atoms. The number of nitrogens with zero attached hydrogens (tertiary/aromatic N) is 1. The van der Waals surface area contributed by atoms with Gasteiger partial charge in [-0.2, -0.15) is 0 Å². The molecule has 1 heterocycles. The highest BCUT2D eigenvalue weighted by Crippen LogP contribution is 2.26. The van der Waals surface area contributed by atoms with E-state index >= 15 is 0 Å². The Morgan fingerprint density at radius 3 is 2.43 bits per heavy atom. The van der Waals surface area contributed by atoms with E-state index in [0.717, 1.165) is 35.2 Å². The molecule has 0 spiro atoms. The third-order valence-corrected chi connectivity index (χ3v) is 5.29. The third-order valence-electron chi connectivity index (χ3n) is 5.29. The minimum atomic E-state index is -0.511. The monoisotopic (exact) mass is 405 g/mol. The molecule has 0 saturated carbocycles. The minimum absolute atomic E-state index is 0.109. The number of aryl methyl sites for hydroxylation is 3. The predicted octanol–water partition coefficient (Wildman–Crippen LogP) is 4.59. The Morgan fingerprint density at radius 2 is 1.80 bits per heavy atom. The zero-order valence-electron chi connectivity index (χ0n) is 17.7. The van der Waals surface area contributed by atoms with Crippen LogP contribution in [0.4, 0.5) is 4.39 Å². The van der Waals surface area contributed by atoms with Crippen molar-refractivity contribution in [3.05, 3.63) is 101 Å². The Labute approximate surface area is 177 Å². The first-order valence-electron chi connectivity index (χ1n) is 10.2. The average Bonchev–Trinajstić information content (AvgIpc) is 2.77. The molecular formula is C25H28FN3O. The molecule has 2 aromatic carbocycles. The standard InChI is InChI=1S/C25H28FN3O/c1-17-15-21(12-13-22(17)26)23(14-11-19-10-9-18(2)28-16-19)29-24(25(30)27-3)20-7-5-4-6-8-20/h4-10,12-13,15-16,23-24,29H,11,14H2,1-3H3,(H,27,30)/t23-,24+/m1/s1. The zero-order chi connectivity index (χ0) is 21.5. The summed E-state index contributed by atoms with van der Waals surface area (Å²) in [5.74, 6) is -0.340. The molecule has 2 atom stereocenters. The van der Waals surface area contributed by atoms with E-state index in [-0.39, 0.29) is 17.8 Å². The normalized spacial score (nSPS) is 12.9. The van der Waals surface area contributed by atoms with Gasteiger partial charge in [-0.25, -0.2) is 4.39 Å². The lowest BCUT2D eigenvalue weighted by Gasteiger charge is -2.26. The van der Waals surface area contributed by atoms with Crippen LogP contribution in [0, 0.1) is 19.7 Å². The highest BCUT2D eigenvalue weighted by atomic mass is 19.1. The van der Waals surface area contributed by atoms with Gasteiger partial charge in [-0.3, -0.25) is 15.1 Å². The number of halogens is 1. The van der Waals surface area contributed by atoms with Gasteiger partial charge < -0.3 is 5.32 Å². The number of likely N-dealkylation sites (N-methyl/N-ethyl adjacent to an activating group) is 1. The van der Waals surface area contributed by atoms with Crippen molar-refractivity contribution in [2.45, 2.75) is 38.8 Å². The number of pyridine rings is 1. The lowest BCUT2D eigenvalue weighted by molar-refractivity contribution is -0.123. The molecule has 1 aromatic heterocycles. The van der Waals surface area contributed by atoms with Gasteiger partial charge in [0.05, 0.1) is 0 Å². The van der Waals surface area contributed by atoms with Crippen molar-refractivity contribution in [2.75, 3.05) is 7.05 Å². The van der Waals surface area contributed by atoms with Crippen molar-refractivity contribution in [2.24, 2.45) is 0 Å². The number of carbonyl (C=O) groups is 1. The fourth-order valence-electron chi connectivity index (χ4n) is 3.50. The number of rotatable bonds is 8. The van der Waals surface area contributed by atoms with Gasteiger partial charge in [0.1, 0.15) is 11.9 Å². The summed E-state index contributed by atoms with van der Waals surface area (Å²) in [5, 5.41) is 6.26. The maximum atomic E-state index is 13.9. The number of carbonyl (C=O) groups excluding carboxylic acids is 1. The Bertz CT molecular complexity index is 973. The molecule has 1 amide bonds. The Morgan fingerprint density at radius 1 is 1.03 bits per heavy atom. The van der Waals surface area contributed by atoms with Crippen LogP contribution in [0.3, 0.4) is 0 Å². The smallest absolute Gasteiger partial charge is 0.241 e. The summed E-state index contributed by atoms with van der Waals surface area (Å²) in [6.45, 7) is 3.72. The first-order chi connectivity index (χ1) is 14.5. The molecule has 0 saturated heterocycles. The second kappa shape index (κ2) is 10.1. The van der Waals surface area contributed by atoms with Gasteiger partial charge in [0, 0.05) is 25.0 Å². The summed E-state index contributed by atoms with van der Waals surface area (Å²) in [5.41, 5.74) is 4.54. The number of amides is 1. The summed E-state index contributed by atoms with van der Waals surface area (Å²) in [4.78, 5) is 17.0. The molecule has 5 heteroatoms. The van der Waals surface area contributed by atoms with E-state index < -0.39 is 6.04 Å². The fourth-order valence-corrected chi connectivity index (χ4v) is 3.50. The number of nitrogens with one attached hydrogen (secondary N) is 2. The van der Waals surface area contributed by atoms with E-state index in [1.54, 1.807) is 20.0 Å². The third kappa shape index (κ3) is 5.51. The topological polar surface area (TPSA) is 54.0 Å². The molecule has 3 rings (SSSR count). The van der Waals surface area contributed by atoms with Crippen LogP contribution in [-0.2, 0) is 11.2 Å². The van der Waals surface area contributed by atoms with Gasteiger partial charge in [0.25, 0.3) is 0 Å². The van der Waals surface area contributed by atoms with Crippen LogP contribution < -0.4 is 10.6 Å². The van der Waals surface area contributed by atoms with Crippen molar-refractivity contribution >= 4 is 5.91 Å². The molecule has 0 radical (unpaired) electrons. The van der Waals surface area contributed by atoms with Gasteiger partial charge >= 0.3 is 0 Å². The lowest BCUT2D eigenvalue weighted by Crippen LogP contribution is -2.38. The van der Waals surface area contributed by atoms with Crippen LogP contribution in [0.5, 0.6) is 0 Å². The number of aromatic nitrogens is 1. The van der Waals surface area contributed by atoms with Crippen LogP contribution in [-0.4, -0.2) is 17.9 Å². The molecule has 4 nitrogen and oxygen atoms in total. The largest absolute Gasteiger partial charge is 0.358 e. The first-order valence-corrected chi connectivity index (χ1v) is 10.2. The van der Waals surface area contributed by atoms with Crippen LogP contribution in [0.1, 0.15) is 46.5 Å². The molecule has 0 aliphatic carbocycles. The predicted molar refractivity (Wildman–Crippen MR) is 118 cm³/mol.